The molecule has 0 saturated heterocycles. The van der Waals surface area contributed by atoms with Gasteiger partial charge in [0.05, 0.1) is 9.40 Å². The van der Waals surface area contributed by atoms with E-state index in [9.17, 15) is 10.1 Å². The van der Waals surface area contributed by atoms with E-state index in [0.717, 1.165) is 5.56 Å². The lowest BCUT2D eigenvalue weighted by Crippen LogP contribution is -2.04. The van der Waals surface area contributed by atoms with Crippen LogP contribution in [0, 0.1) is 10.1 Å². The second-order valence-electron chi connectivity index (χ2n) is 4.30. The third kappa shape index (κ3) is 3.15. The van der Waals surface area contributed by atoms with Gasteiger partial charge in [-0.15, -0.1) is 0 Å². The number of nitrogens with zero attached hydrogens (tertiary/aromatic N) is 1. The van der Waals surface area contributed by atoms with Crippen molar-refractivity contribution in [3.8, 4) is 11.5 Å². The monoisotopic (exact) mass is 336 g/mol. The molecule has 20 heavy (non-hydrogen) atoms. The Morgan fingerprint density at radius 2 is 1.90 bits per heavy atom. The topological polar surface area (TPSA) is 78.4 Å². The second-order valence-corrected chi connectivity index (χ2v) is 5.16. The quantitative estimate of drug-likeness (QED) is 0.671. The summed E-state index contributed by atoms with van der Waals surface area (Å²) in [5.41, 5.74) is 6.65. The van der Waals surface area contributed by atoms with Gasteiger partial charge in [-0.25, -0.2) is 0 Å². The second kappa shape index (κ2) is 6.02. The molecule has 0 unspecified atom stereocenters. The first-order chi connectivity index (χ1) is 9.49. The SMILES string of the molecule is C[C@@H](N)c1ccc(Oc2c(Br)cccc2[N+](=O)[O-])cc1. The van der Waals surface area contributed by atoms with E-state index in [1.807, 2.05) is 19.1 Å². The maximum Gasteiger partial charge on any atom is 0.312 e. The molecule has 0 aliphatic rings. The molecule has 0 amide bonds. The van der Waals surface area contributed by atoms with Crippen LogP contribution in [0.5, 0.6) is 11.5 Å². The van der Waals surface area contributed by atoms with Crippen LogP contribution in [0.25, 0.3) is 0 Å². The number of nitro groups is 1. The van der Waals surface area contributed by atoms with Crippen molar-refractivity contribution in [2.24, 2.45) is 5.73 Å². The average Bonchev–Trinajstić information content (AvgIpc) is 2.41. The van der Waals surface area contributed by atoms with Gasteiger partial charge in [0.1, 0.15) is 5.75 Å². The average molecular weight is 337 g/mol. The largest absolute Gasteiger partial charge is 0.449 e. The lowest BCUT2D eigenvalue weighted by molar-refractivity contribution is -0.385. The molecule has 0 aliphatic heterocycles. The normalized spacial score (nSPS) is 11.9. The molecule has 104 valence electrons. The summed E-state index contributed by atoms with van der Waals surface area (Å²) in [7, 11) is 0. The number of para-hydroxylation sites is 1. The molecular formula is C14H13BrN2O3. The molecule has 2 aromatic rings. The van der Waals surface area contributed by atoms with Gasteiger partial charge in [0.15, 0.2) is 0 Å². The molecule has 0 radical (unpaired) electrons. The number of ether oxygens (including phenoxy) is 1. The van der Waals surface area contributed by atoms with Crippen molar-refractivity contribution in [2.45, 2.75) is 13.0 Å². The Bertz CT molecular complexity index is 627. The summed E-state index contributed by atoms with van der Waals surface area (Å²) in [4.78, 5) is 10.5. The number of rotatable bonds is 4. The van der Waals surface area contributed by atoms with Gasteiger partial charge >= 0.3 is 5.69 Å². The van der Waals surface area contributed by atoms with Gasteiger partial charge in [0, 0.05) is 12.1 Å². The highest BCUT2D eigenvalue weighted by Crippen LogP contribution is 2.38. The molecule has 2 N–H and O–H groups in total. The molecule has 1 atom stereocenters. The molecule has 0 aliphatic carbocycles. The van der Waals surface area contributed by atoms with Crippen LogP contribution >= 0.6 is 15.9 Å². The van der Waals surface area contributed by atoms with E-state index in [1.54, 1.807) is 24.3 Å². The number of nitrogens with two attached hydrogens (primary N) is 1. The first-order valence-electron chi connectivity index (χ1n) is 5.95. The lowest BCUT2D eigenvalue weighted by atomic mass is 10.1. The summed E-state index contributed by atoms with van der Waals surface area (Å²) in [5, 5.41) is 11.0. The fourth-order valence-corrected chi connectivity index (χ4v) is 2.14. The molecular weight excluding hydrogens is 324 g/mol. The van der Waals surface area contributed by atoms with Crippen LogP contribution < -0.4 is 10.5 Å². The van der Waals surface area contributed by atoms with Gasteiger partial charge in [0.25, 0.3) is 0 Å². The molecule has 0 spiro atoms. The van der Waals surface area contributed by atoms with Crippen LogP contribution in [0.4, 0.5) is 5.69 Å². The maximum atomic E-state index is 11.0. The summed E-state index contributed by atoms with van der Waals surface area (Å²) in [6.07, 6.45) is 0. The molecule has 0 bridgehead atoms. The van der Waals surface area contributed by atoms with Crippen LogP contribution in [0.1, 0.15) is 18.5 Å². The highest BCUT2D eigenvalue weighted by atomic mass is 79.9. The van der Waals surface area contributed by atoms with Crippen LogP contribution in [0.2, 0.25) is 0 Å². The standard InChI is InChI=1S/C14H13BrN2O3/c1-9(16)10-5-7-11(8-6-10)20-14-12(15)3-2-4-13(14)17(18)19/h2-9H,16H2,1H3/t9-/m1/s1. The van der Waals surface area contributed by atoms with E-state index in [1.165, 1.54) is 6.07 Å². The van der Waals surface area contributed by atoms with Crippen molar-refractivity contribution < 1.29 is 9.66 Å². The summed E-state index contributed by atoms with van der Waals surface area (Å²) in [6, 6.07) is 11.8. The Morgan fingerprint density at radius 1 is 1.25 bits per heavy atom. The zero-order chi connectivity index (χ0) is 14.7. The highest BCUT2D eigenvalue weighted by molar-refractivity contribution is 9.10. The van der Waals surface area contributed by atoms with Gasteiger partial charge < -0.3 is 10.5 Å². The summed E-state index contributed by atoms with van der Waals surface area (Å²) in [6.45, 7) is 1.88. The highest BCUT2D eigenvalue weighted by Gasteiger charge is 2.18. The number of hydrogen-bond acceptors (Lipinski definition) is 4. The van der Waals surface area contributed by atoms with Crippen molar-refractivity contribution in [3.05, 3.63) is 62.6 Å². The Balaban J connectivity index is 2.32. The van der Waals surface area contributed by atoms with Crippen molar-refractivity contribution in [3.63, 3.8) is 0 Å². The Labute approximate surface area is 124 Å². The number of halogens is 1. The Kier molecular flexibility index (Phi) is 4.36. The van der Waals surface area contributed by atoms with E-state index in [-0.39, 0.29) is 17.5 Å². The van der Waals surface area contributed by atoms with Gasteiger partial charge in [-0.05, 0) is 46.6 Å². The van der Waals surface area contributed by atoms with Gasteiger partial charge in [-0.1, -0.05) is 18.2 Å². The fourth-order valence-electron chi connectivity index (χ4n) is 1.70. The zero-order valence-electron chi connectivity index (χ0n) is 10.7. The predicted molar refractivity (Wildman–Crippen MR) is 79.9 cm³/mol. The van der Waals surface area contributed by atoms with E-state index in [4.69, 9.17) is 10.5 Å². The number of nitro benzene ring substituents is 1. The minimum atomic E-state index is -0.476. The van der Waals surface area contributed by atoms with Gasteiger partial charge in [-0.3, -0.25) is 10.1 Å². The van der Waals surface area contributed by atoms with Crippen molar-refractivity contribution >= 4 is 21.6 Å². The summed E-state index contributed by atoms with van der Waals surface area (Å²) in [5.74, 6) is 0.704. The molecule has 0 saturated carbocycles. The van der Waals surface area contributed by atoms with Gasteiger partial charge in [-0.2, -0.15) is 0 Å². The van der Waals surface area contributed by atoms with E-state index < -0.39 is 4.92 Å². The van der Waals surface area contributed by atoms with Crippen molar-refractivity contribution in [1.82, 2.24) is 0 Å². The van der Waals surface area contributed by atoms with E-state index in [0.29, 0.717) is 10.2 Å². The smallest absolute Gasteiger partial charge is 0.312 e. The van der Waals surface area contributed by atoms with Crippen LogP contribution in [0.15, 0.2) is 46.9 Å². The Morgan fingerprint density at radius 3 is 2.45 bits per heavy atom. The third-order valence-corrected chi connectivity index (χ3v) is 3.39. The fraction of sp³-hybridized carbons (Fsp3) is 0.143. The van der Waals surface area contributed by atoms with Gasteiger partial charge in [0.2, 0.25) is 5.75 Å². The minimum absolute atomic E-state index is 0.0677. The lowest BCUT2D eigenvalue weighted by Gasteiger charge is -2.10. The molecule has 0 fully saturated rings. The van der Waals surface area contributed by atoms with E-state index in [2.05, 4.69) is 15.9 Å². The van der Waals surface area contributed by atoms with Crippen molar-refractivity contribution in [1.29, 1.82) is 0 Å². The summed E-state index contributed by atoms with van der Waals surface area (Å²) >= 11 is 3.26. The molecule has 2 rings (SSSR count). The number of hydrogen-bond donors (Lipinski definition) is 1. The maximum absolute atomic E-state index is 11.0. The number of benzene rings is 2. The van der Waals surface area contributed by atoms with Crippen LogP contribution in [-0.4, -0.2) is 4.92 Å². The molecule has 6 heteroatoms. The molecule has 5 nitrogen and oxygen atoms in total. The minimum Gasteiger partial charge on any atom is -0.449 e. The first kappa shape index (κ1) is 14.5. The third-order valence-electron chi connectivity index (χ3n) is 2.77. The van der Waals surface area contributed by atoms with E-state index >= 15 is 0 Å². The van der Waals surface area contributed by atoms with Crippen LogP contribution in [0.3, 0.4) is 0 Å². The zero-order valence-corrected chi connectivity index (χ0v) is 12.3. The van der Waals surface area contributed by atoms with Crippen LogP contribution in [-0.2, 0) is 0 Å². The summed E-state index contributed by atoms with van der Waals surface area (Å²) < 4.78 is 6.14. The molecule has 0 aromatic heterocycles. The van der Waals surface area contributed by atoms with Crippen molar-refractivity contribution in [2.75, 3.05) is 0 Å². The molecule has 0 heterocycles. The Hall–Kier alpha value is -1.92. The first-order valence-corrected chi connectivity index (χ1v) is 6.74. The molecule has 2 aromatic carbocycles. The predicted octanol–water partition coefficient (Wildman–Crippen LogP) is 4.17.